The van der Waals surface area contributed by atoms with Crippen molar-refractivity contribution in [3.63, 3.8) is 0 Å². The number of halogens is 1. The van der Waals surface area contributed by atoms with Crippen molar-refractivity contribution in [2.45, 2.75) is 13.3 Å². The maximum atomic E-state index is 13.4. The molecule has 0 aliphatic carbocycles. The molecule has 8 heteroatoms. The van der Waals surface area contributed by atoms with E-state index in [2.05, 4.69) is 20.3 Å². The molecule has 0 fully saturated rings. The fourth-order valence-corrected chi connectivity index (χ4v) is 2.61. The molecule has 0 bridgehead atoms. The summed E-state index contributed by atoms with van der Waals surface area (Å²) in [5.41, 5.74) is 1.29. The molecule has 0 saturated carbocycles. The molecule has 0 radical (unpaired) electrons. The molecular formula is C17H15FN4O2S. The Hall–Kier alpha value is -2.87. The largest absolute Gasteiger partial charge is 0.467 e. The van der Waals surface area contributed by atoms with E-state index in [1.165, 1.54) is 23.5 Å². The minimum Gasteiger partial charge on any atom is -0.467 e. The number of aromatic nitrogens is 3. The van der Waals surface area contributed by atoms with Gasteiger partial charge < -0.3 is 4.74 Å². The summed E-state index contributed by atoms with van der Waals surface area (Å²) in [5, 5.41) is 4.89. The molecule has 2 heterocycles. The predicted octanol–water partition coefficient (Wildman–Crippen LogP) is 3.32. The van der Waals surface area contributed by atoms with Crippen LogP contribution in [-0.4, -0.2) is 27.5 Å². The standard InChI is InChI=1S/C17H15FN4O2S/c1-2-13-9-15(24-10-14(23)21-17-19-6-7-25-17)22-16(20-13)11-4-3-5-12(18)8-11/h3-9H,2,10H2,1H3,(H,19,21,23). The zero-order chi connectivity index (χ0) is 17.6. The van der Waals surface area contributed by atoms with Gasteiger partial charge in [0.1, 0.15) is 5.82 Å². The van der Waals surface area contributed by atoms with Gasteiger partial charge in [-0.3, -0.25) is 10.1 Å². The lowest BCUT2D eigenvalue weighted by Crippen LogP contribution is -2.20. The second-order valence-corrected chi connectivity index (χ2v) is 5.95. The van der Waals surface area contributed by atoms with E-state index in [1.54, 1.807) is 29.8 Å². The second-order valence-electron chi connectivity index (χ2n) is 5.06. The number of rotatable bonds is 6. The topological polar surface area (TPSA) is 77.0 Å². The van der Waals surface area contributed by atoms with Crippen LogP contribution in [0.15, 0.2) is 41.9 Å². The number of thiazole rings is 1. The number of hydrogen-bond acceptors (Lipinski definition) is 6. The fourth-order valence-electron chi connectivity index (χ4n) is 2.06. The number of nitrogens with zero attached hydrogens (tertiary/aromatic N) is 3. The molecular weight excluding hydrogens is 343 g/mol. The smallest absolute Gasteiger partial charge is 0.264 e. The summed E-state index contributed by atoms with van der Waals surface area (Å²) < 4.78 is 18.9. The number of amides is 1. The maximum absolute atomic E-state index is 13.4. The molecule has 3 rings (SSSR count). The quantitative estimate of drug-likeness (QED) is 0.731. The Morgan fingerprint density at radius 1 is 1.32 bits per heavy atom. The third-order valence-corrected chi connectivity index (χ3v) is 3.92. The summed E-state index contributed by atoms with van der Waals surface area (Å²) in [5.74, 6) is -0.0817. The Morgan fingerprint density at radius 2 is 2.20 bits per heavy atom. The van der Waals surface area contributed by atoms with Crippen molar-refractivity contribution >= 4 is 22.4 Å². The van der Waals surface area contributed by atoms with E-state index in [0.29, 0.717) is 22.9 Å². The molecule has 128 valence electrons. The van der Waals surface area contributed by atoms with E-state index in [4.69, 9.17) is 4.74 Å². The first-order chi connectivity index (χ1) is 12.1. The molecule has 0 saturated heterocycles. The van der Waals surface area contributed by atoms with Crippen molar-refractivity contribution in [3.05, 3.63) is 53.4 Å². The van der Waals surface area contributed by atoms with Crippen LogP contribution in [0.4, 0.5) is 9.52 Å². The monoisotopic (exact) mass is 358 g/mol. The summed E-state index contributed by atoms with van der Waals surface area (Å²) in [4.78, 5) is 24.5. The SMILES string of the molecule is CCc1cc(OCC(=O)Nc2nccs2)nc(-c2cccc(F)c2)n1. The maximum Gasteiger partial charge on any atom is 0.264 e. The summed E-state index contributed by atoms with van der Waals surface area (Å²) >= 11 is 1.32. The van der Waals surface area contributed by atoms with Crippen LogP contribution in [-0.2, 0) is 11.2 Å². The van der Waals surface area contributed by atoms with Gasteiger partial charge in [-0.15, -0.1) is 11.3 Å². The van der Waals surface area contributed by atoms with Gasteiger partial charge in [-0.25, -0.2) is 14.4 Å². The van der Waals surface area contributed by atoms with Crippen molar-refractivity contribution in [2.24, 2.45) is 0 Å². The number of hydrogen-bond donors (Lipinski definition) is 1. The van der Waals surface area contributed by atoms with Crippen LogP contribution in [0.2, 0.25) is 0 Å². The fraction of sp³-hybridized carbons (Fsp3) is 0.176. The lowest BCUT2D eigenvalue weighted by molar-refractivity contribution is -0.118. The van der Waals surface area contributed by atoms with Crippen LogP contribution in [0.5, 0.6) is 5.88 Å². The summed E-state index contributed by atoms with van der Waals surface area (Å²) in [6.07, 6.45) is 2.26. The average molecular weight is 358 g/mol. The Kier molecular flexibility index (Phi) is 5.30. The van der Waals surface area contributed by atoms with E-state index in [0.717, 1.165) is 5.69 Å². The minimum absolute atomic E-state index is 0.206. The van der Waals surface area contributed by atoms with Crippen LogP contribution < -0.4 is 10.1 Å². The van der Waals surface area contributed by atoms with Crippen LogP contribution in [0.1, 0.15) is 12.6 Å². The van der Waals surface area contributed by atoms with Crippen LogP contribution >= 0.6 is 11.3 Å². The van der Waals surface area contributed by atoms with Crippen molar-refractivity contribution in [1.82, 2.24) is 15.0 Å². The van der Waals surface area contributed by atoms with Gasteiger partial charge >= 0.3 is 0 Å². The van der Waals surface area contributed by atoms with Gasteiger partial charge in [-0.2, -0.15) is 4.98 Å². The predicted molar refractivity (Wildman–Crippen MR) is 93.0 cm³/mol. The number of benzene rings is 1. The van der Waals surface area contributed by atoms with Gasteiger partial charge in [0.15, 0.2) is 17.6 Å². The van der Waals surface area contributed by atoms with E-state index in [1.807, 2.05) is 6.92 Å². The number of aryl methyl sites for hydroxylation is 1. The summed E-state index contributed by atoms with van der Waals surface area (Å²) in [7, 11) is 0. The molecule has 0 atom stereocenters. The highest BCUT2D eigenvalue weighted by molar-refractivity contribution is 7.13. The minimum atomic E-state index is -0.367. The molecule has 0 aliphatic heterocycles. The zero-order valence-electron chi connectivity index (χ0n) is 13.4. The van der Waals surface area contributed by atoms with Gasteiger partial charge in [-0.1, -0.05) is 19.1 Å². The lowest BCUT2D eigenvalue weighted by atomic mass is 10.2. The Balaban J connectivity index is 1.74. The number of ether oxygens (including phenoxy) is 1. The third kappa shape index (κ3) is 4.57. The van der Waals surface area contributed by atoms with Crippen molar-refractivity contribution in [2.75, 3.05) is 11.9 Å². The second kappa shape index (κ2) is 7.80. The zero-order valence-corrected chi connectivity index (χ0v) is 14.2. The first-order valence-electron chi connectivity index (χ1n) is 7.60. The molecule has 0 unspecified atom stereocenters. The van der Waals surface area contributed by atoms with Crippen LogP contribution in [0.25, 0.3) is 11.4 Å². The summed E-state index contributed by atoms with van der Waals surface area (Å²) in [6, 6.07) is 7.69. The number of carbonyl (C=O) groups excluding carboxylic acids is 1. The van der Waals surface area contributed by atoms with Crippen molar-refractivity contribution in [1.29, 1.82) is 0 Å². The Bertz CT molecular complexity index is 871. The third-order valence-electron chi connectivity index (χ3n) is 3.23. The molecule has 6 nitrogen and oxygen atoms in total. The van der Waals surface area contributed by atoms with E-state index in [-0.39, 0.29) is 24.2 Å². The van der Waals surface area contributed by atoms with Gasteiger partial charge in [-0.05, 0) is 18.6 Å². The van der Waals surface area contributed by atoms with Crippen LogP contribution in [0.3, 0.4) is 0 Å². The van der Waals surface area contributed by atoms with E-state index < -0.39 is 0 Å². The van der Waals surface area contributed by atoms with Crippen molar-refractivity contribution in [3.8, 4) is 17.3 Å². The van der Waals surface area contributed by atoms with E-state index >= 15 is 0 Å². The van der Waals surface area contributed by atoms with Crippen LogP contribution in [0, 0.1) is 5.82 Å². The Labute approximate surface area is 147 Å². The average Bonchev–Trinajstić information content (AvgIpc) is 3.12. The highest BCUT2D eigenvalue weighted by Crippen LogP contribution is 2.20. The Morgan fingerprint density at radius 3 is 2.92 bits per heavy atom. The van der Waals surface area contributed by atoms with Crippen molar-refractivity contribution < 1.29 is 13.9 Å². The number of anilines is 1. The molecule has 0 spiro atoms. The lowest BCUT2D eigenvalue weighted by Gasteiger charge is -2.09. The molecule has 2 aromatic heterocycles. The normalized spacial score (nSPS) is 10.5. The molecule has 0 aliphatic rings. The number of carbonyl (C=O) groups is 1. The highest BCUT2D eigenvalue weighted by atomic mass is 32.1. The molecule has 1 aromatic carbocycles. The van der Waals surface area contributed by atoms with Gasteiger partial charge in [0, 0.05) is 28.9 Å². The first-order valence-corrected chi connectivity index (χ1v) is 8.48. The summed E-state index contributed by atoms with van der Waals surface area (Å²) in [6.45, 7) is 1.74. The molecule has 1 amide bonds. The molecule has 1 N–H and O–H groups in total. The first kappa shape index (κ1) is 17.0. The molecule has 3 aromatic rings. The number of nitrogens with one attached hydrogen (secondary N) is 1. The highest BCUT2D eigenvalue weighted by Gasteiger charge is 2.10. The van der Waals surface area contributed by atoms with Gasteiger partial charge in [0.25, 0.3) is 5.91 Å². The van der Waals surface area contributed by atoms with Gasteiger partial charge in [0.05, 0.1) is 0 Å². The van der Waals surface area contributed by atoms with E-state index in [9.17, 15) is 9.18 Å². The molecule has 25 heavy (non-hydrogen) atoms. The van der Waals surface area contributed by atoms with Gasteiger partial charge in [0.2, 0.25) is 5.88 Å².